The predicted octanol–water partition coefficient (Wildman–Crippen LogP) is 1.04. The summed E-state index contributed by atoms with van der Waals surface area (Å²) >= 11 is 0. The highest BCUT2D eigenvalue weighted by Gasteiger charge is 2.43. The molecule has 2 aliphatic heterocycles. The summed E-state index contributed by atoms with van der Waals surface area (Å²) < 4.78 is 25.7. The van der Waals surface area contributed by atoms with Crippen LogP contribution in [0.1, 0.15) is 23.2 Å². The van der Waals surface area contributed by atoms with Crippen molar-refractivity contribution in [2.24, 2.45) is 0 Å². The van der Waals surface area contributed by atoms with Gasteiger partial charge in [-0.2, -0.15) is 4.31 Å². The summed E-state index contributed by atoms with van der Waals surface area (Å²) in [5.74, 6) is -0.456. The Bertz CT molecular complexity index is 804. The number of likely N-dealkylation sites (N-methyl/N-ethyl adjacent to an activating group) is 1. The van der Waals surface area contributed by atoms with E-state index in [1.807, 2.05) is 0 Å². The number of hydrogen-bond donors (Lipinski definition) is 0. The van der Waals surface area contributed by atoms with Crippen molar-refractivity contribution < 1.29 is 18.0 Å². The van der Waals surface area contributed by atoms with Crippen LogP contribution in [0.25, 0.3) is 0 Å². The number of rotatable bonds is 3. The highest BCUT2D eigenvalue weighted by molar-refractivity contribution is 7.89. The molecule has 1 atom stereocenters. The molecule has 0 radical (unpaired) electrons. The number of benzene rings is 1. The number of anilines is 1. The molecule has 7 nitrogen and oxygen atoms in total. The number of carbonyl (C=O) groups excluding carboxylic acids is 2. The van der Waals surface area contributed by atoms with Gasteiger partial charge in [-0.1, -0.05) is 6.58 Å². The van der Waals surface area contributed by atoms with Crippen LogP contribution in [-0.2, 0) is 14.8 Å². The van der Waals surface area contributed by atoms with Crippen molar-refractivity contribution in [1.29, 1.82) is 0 Å². The number of carbonyl (C=O) groups is 2. The third-order valence-electron chi connectivity index (χ3n) is 4.75. The Morgan fingerprint density at radius 1 is 1.24 bits per heavy atom. The van der Waals surface area contributed by atoms with E-state index < -0.39 is 10.0 Å². The van der Waals surface area contributed by atoms with Gasteiger partial charge >= 0.3 is 0 Å². The monoisotopic (exact) mass is 363 g/mol. The van der Waals surface area contributed by atoms with Gasteiger partial charge in [0, 0.05) is 31.4 Å². The number of amides is 2. The Hall–Kier alpha value is -2.19. The van der Waals surface area contributed by atoms with Gasteiger partial charge in [0.2, 0.25) is 15.9 Å². The van der Waals surface area contributed by atoms with E-state index in [4.69, 9.17) is 0 Å². The maximum atomic E-state index is 12.8. The highest BCUT2D eigenvalue weighted by Crippen LogP contribution is 2.29. The van der Waals surface area contributed by atoms with E-state index in [2.05, 4.69) is 6.58 Å². The first-order chi connectivity index (χ1) is 11.8. The fourth-order valence-corrected chi connectivity index (χ4v) is 4.99. The zero-order chi connectivity index (χ0) is 18.2. The van der Waals surface area contributed by atoms with Crippen LogP contribution in [0.2, 0.25) is 0 Å². The Labute approximate surface area is 147 Å². The molecule has 2 heterocycles. The molecule has 8 heteroatoms. The Kier molecular flexibility index (Phi) is 4.66. The molecule has 0 spiro atoms. The Morgan fingerprint density at radius 3 is 2.56 bits per heavy atom. The van der Waals surface area contributed by atoms with Crippen LogP contribution >= 0.6 is 0 Å². The largest absolute Gasteiger partial charge is 0.321 e. The van der Waals surface area contributed by atoms with Gasteiger partial charge in [0.05, 0.1) is 11.9 Å². The molecule has 25 heavy (non-hydrogen) atoms. The van der Waals surface area contributed by atoms with Crippen LogP contribution < -0.4 is 4.90 Å². The average Bonchev–Trinajstić information content (AvgIpc) is 3.11. The highest BCUT2D eigenvalue weighted by atomic mass is 32.2. The summed E-state index contributed by atoms with van der Waals surface area (Å²) in [4.78, 5) is 27.5. The molecule has 1 aromatic carbocycles. The predicted molar refractivity (Wildman–Crippen MR) is 94.6 cm³/mol. The van der Waals surface area contributed by atoms with Crippen molar-refractivity contribution in [3.8, 4) is 0 Å². The third kappa shape index (κ3) is 3.19. The average molecular weight is 363 g/mol. The molecule has 1 aromatic rings. The second kappa shape index (κ2) is 6.61. The van der Waals surface area contributed by atoms with Crippen molar-refractivity contribution in [3.63, 3.8) is 0 Å². The molecule has 2 aliphatic rings. The normalized spacial score (nSPS) is 22.3. The molecule has 0 aliphatic carbocycles. The fourth-order valence-electron chi connectivity index (χ4n) is 3.33. The zero-order valence-electron chi connectivity index (χ0n) is 14.1. The fraction of sp³-hybridized carbons (Fsp3) is 0.412. The maximum absolute atomic E-state index is 12.8. The van der Waals surface area contributed by atoms with E-state index in [-0.39, 0.29) is 30.3 Å². The number of fused-ring (bicyclic) bond motifs is 1. The van der Waals surface area contributed by atoms with Crippen molar-refractivity contribution in [1.82, 2.24) is 9.21 Å². The first-order valence-corrected chi connectivity index (χ1v) is 9.77. The summed E-state index contributed by atoms with van der Waals surface area (Å²) in [6.45, 7) is 4.13. The number of hydrogen-bond acceptors (Lipinski definition) is 4. The minimum Gasteiger partial charge on any atom is -0.321 e. The van der Waals surface area contributed by atoms with Crippen molar-refractivity contribution >= 4 is 27.5 Å². The molecule has 0 aromatic heterocycles. The molecule has 0 saturated carbocycles. The van der Waals surface area contributed by atoms with Crippen molar-refractivity contribution in [2.45, 2.75) is 19.0 Å². The summed E-state index contributed by atoms with van der Waals surface area (Å²) in [7, 11) is -1.62. The Balaban J connectivity index is 1.79. The molecule has 1 unspecified atom stereocenters. The van der Waals surface area contributed by atoms with Gasteiger partial charge in [-0.15, -0.1) is 0 Å². The molecule has 3 rings (SSSR count). The van der Waals surface area contributed by atoms with E-state index in [0.717, 1.165) is 6.42 Å². The van der Waals surface area contributed by atoms with Crippen LogP contribution in [0.15, 0.2) is 36.9 Å². The first-order valence-electron chi connectivity index (χ1n) is 8.16. The van der Waals surface area contributed by atoms with Gasteiger partial charge in [-0.3, -0.25) is 9.59 Å². The quantitative estimate of drug-likeness (QED) is 0.752. The zero-order valence-corrected chi connectivity index (χ0v) is 14.9. The van der Waals surface area contributed by atoms with Crippen LogP contribution in [0, 0.1) is 0 Å². The van der Waals surface area contributed by atoms with Crippen molar-refractivity contribution in [2.75, 3.05) is 30.8 Å². The van der Waals surface area contributed by atoms with E-state index in [9.17, 15) is 18.0 Å². The second-order valence-corrected chi connectivity index (χ2v) is 8.24. The molecule has 0 N–H and O–H groups in total. The van der Waals surface area contributed by atoms with E-state index in [1.54, 1.807) is 36.2 Å². The summed E-state index contributed by atoms with van der Waals surface area (Å²) in [5, 5.41) is 0. The summed E-state index contributed by atoms with van der Waals surface area (Å²) in [6, 6.07) is 6.71. The van der Waals surface area contributed by atoms with Crippen LogP contribution in [-0.4, -0.2) is 61.5 Å². The van der Waals surface area contributed by atoms with Gasteiger partial charge in [-0.25, -0.2) is 8.42 Å². The topological polar surface area (TPSA) is 78.0 Å². The smallest absolute Gasteiger partial charge is 0.255 e. The standard InChI is InChI=1S/C17H21N3O4S/c1-3-16(21)18(2)14-8-6-13(7-9-14)17(22)19-11-12-25(23,24)20-10-4-5-15(19)20/h3,6-9,15H,1,4-5,10-12H2,2H3. The second-order valence-electron chi connectivity index (χ2n) is 6.20. The van der Waals surface area contributed by atoms with E-state index in [0.29, 0.717) is 24.2 Å². The lowest BCUT2D eigenvalue weighted by atomic mass is 10.1. The lowest BCUT2D eigenvalue weighted by Gasteiger charge is -2.39. The van der Waals surface area contributed by atoms with Crippen LogP contribution in [0.3, 0.4) is 0 Å². The van der Waals surface area contributed by atoms with Gasteiger partial charge in [0.15, 0.2) is 0 Å². The molecule has 2 fully saturated rings. The van der Waals surface area contributed by atoms with E-state index >= 15 is 0 Å². The van der Waals surface area contributed by atoms with Crippen molar-refractivity contribution in [3.05, 3.63) is 42.5 Å². The number of sulfonamides is 1. The lowest BCUT2D eigenvalue weighted by molar-refractivity contribution is -0.113. The minimum atomic E-state index is -3.25. The molecule has 134 valence electrons. The molecular weight excluding hydrogens is 342 g/mol. The third-order valence-corrected chi connectivity index (χ3v) is 6.59. The van der Waals surface area contributed by atoms with E-state index in [1.165, 1.54) is 15.3 Å². The van der Waals surface area contributed by atoms with Crippen LogP contribution in [0.5, 0.6) is 0 Å². The summed E-state index contributed by atoms with van der Waals surface area (Å²) in [6.07, 6.45) is 2.28. The lowest BCUT2D eigenvalue weighted by Crippen LogP contribution is -2.56. The SMILES string of the molecule is C=CC(=O)N(C)c1ccc(C(=O)N2CCS(=O)(=O)N3CCCC23)cc1. The molecule has 2 saturated heterocycles. The Morgan fingerprint density at radius 2 is 1.92 bits per heavy atom. The summed E-state index contributed by atoms with van der Waals surface area (Å²) in [5.41, 5.74) is 1.14. The minimum absolute atomic E-state index is 0.0378. The molecule has 0 bridgehead atoms. The van der Waals surface area contributed by atoms with Crippen LogP contribution in [0.4, 0.5) is 5.69 Å². The van der Waals surface area contributed by atoms with Gasteiger partial charge < -0.3 is 9.80 Å². The number of nitrogens with zero attached hydrogens (tertiary/aromatic N) is 3. The molecular formula is C17H21N3O4S. The van der Waals surface area contributed by atoms with Gasteiger partial charge in [0.1, 0.15) is 0 Å². The maximum Gasteiger partial charge on any atom is 0.255 e. The van der Waals surface area contributed by atoms with Gasteiger partial charge in [0.25, 0.3) is 5.91 Å². The first kappa shape index (κ1) is 17.6. The van der Waals surface area contributed by atoms with Gasteiger partial charge in [-0.05, 0) is 43.2 Å². The molecule has 2 amide bonds.